The number of thioether (sulfide) groups is 1. The molecule has 0 radical (unpaired) electrons. The summed E-state index contributed by atoms with van der Waals surface area (Å²) >= 11 is 1.97. The lowest BCUT2D eigenvalue weighted by Gasteiger charge is -2.08. The Morgan fingerprint density at radius 2 is 2.32 bits per heavy atom. The molecule has 100 valence electrons. The fraction of sp³-hybridized carbons (Fsp3) is 0.400. The van der Waals surface area contributed by atoms with Gasteiger partial charge in [0.05, 0.1) is 12.7 Å². The van der Waals surface area contributed by atoms with Crippen LogP contribution in [0, 0.1) is 0 Å². The number of aromatic nitrogens is 1. The molecule has 3 nitrogen and oxygen atoms in total. The highest BCUT2D eigenvalue weighted by atomic mass is 32.2. The monoisotopic (exact) mass is 274 g/mol. The molecular formula is C15H18N2OS. The van der Waals surface area contributed by atoms with E-state index in [4.69, 9.17) is 4.42 Å². The van der Waals surface area contributed by atoms with E-state index >= 15 is 0 Å². The number of fused-ring (bicyclic) bond motifs is 1. The average molecular weight is 274 g/mol. The smallest absolute Gasteiger partial charge is 0.208 e. The summed E-state index contributed by atoms with van der Waals surface area (Å²) in [7, 11) is 0. The summed E-state index contributed by atoms with van der Waals surface area (Å²) in [5.74, 6) is 1.75. The van der Waals surface area contributed by atoms with Crippen LogP contribution in [0.5, 0.6) is 0 Å². The first-order valence-corrected chi connectivity index (χ1v) is 7.62. The van der Waals surface area contributed by atoms with Gasteiger partial charge >= 0.3 is 0 Å². The van der Waals surface area contributed by atoms with Crippen molar-refractivity contribution in [1.82, 2.24) is 10.3 Å². The van der Waals surface area contributed by atoms with E-state index in [0.717, 1.165) is 31.0 Å². The quantitative estimate of drug-likeness (QED) is 0.909. The number of oxazole rings is 1. The fourth-order valence-corrected chi connectivity index (χ4v) is 3.58. The predicted octanol–water partition coefficient (Wildman–Crippen LogP) is 3.04. The Morgan fingerprint density at radius 1 is 1.42 bits per heavy atom. The number of nitrogens with one attached hydrogen (secondary N) is 1. The molecule has 1 N–H and O–H groups in total. The second-order valence-electron chi connectivity index (χ2n) is 4.76. The summed E-state index contributed by atoms with van der Waals surface area (Å²) in [4.78, 5) is 5.68. The third-order valence-electron chi connectivity index (χ3n) is 3.31. The Hall–Kier alpha value is -1.26. The summed E-state index contributed by atoms with van der Waals surface area (Å²) < 4.78 is 5.58. The molecule has 4 heteroatoms. The Bertz CT molecular complexity index is 528. The van der Waals surface area contributed by atoms with Crippen molar-refractivity contribution in [3.63, 3.8) is 0 Å². The lowest BCUT2D eigenvalue weighted by molar-refractivity contribution is 0.439. The van der Waals surface area contributed by atoms with E-state index in [9.17, 15) is 0 Å². The van der Waals surface area contributed by atoms with Crippen molar-refractivity contribution in [3.05, 3.63) is 47.7 Å². The van der Waals surface area contributed by atoms with Crippen molar-refractivity contribution in [1.29, 1.82) is 0 Å². The average Bonchev–Trinajstić information content (AvgIpc) is 3.04. The Labute approximate surface area is 117 Å². The van der Waals surface area contributed by atoms with Crippen molar-refractivity contribution < 1.29 is 4.42 Å². The molecule has 0 amide bonds. The molecule has 0 saturated heterocycles. The molecular weight excluding hydrogens is 256 g/mol. The van der Waals surface area contributed by atoms with Crippen molar-refractivity contribution in [2.45, 2.75) is 36.5 Å². The Kier molecular flexibility index (Phi) is 3.89. The summed E-state index contributed by atoms with van der Waals surface area (Å²) in [6, 6.07) is 8.67. The van der Waals surface area contributed by atoms with Crippen molar-refractivity contribution in [2.75, 3.05) is 6.54 Å². The number of nitrogens with zero attached hydrogens (tertiary/aromatic N) is 1. The van der Waals surface area contributed by atoms with E-state index < -0.39 is 0 Å². The van der Waals surface area contributed by atoms with Crippen LogP contribution in [0.1, 0.15) is 24.1 Å². The van der Waals surface area contributed by atoms with Gasteiger partial charge in [-0.25, -0.2) is 4.98 Å². The lowest BCUT2D eigenvalue weighted by atomic mass is 10.1. The predicted molar refractivity (Wildman–Crippen MR) is 77.4 cm³/mol. The van der Waals surface area contributed by atoms with Gasteiger partial charge in [-0.15, -0.1) is 11.8 Å². The van der Waals surface area contributed by atoms with E-state index in [0.29, 0.717) is 11.8 Å². The molecule has 2 heterocycles. The van der Waals surface area contributed by atoms with Crippen LogP contribution >= 0.6 is 11.8 Å². The van der Waals surface area contributed by atoms with Crippen molar-refractivity contribution in [2.24, 2.45) is 0 Å². The van der Waals surface area contributed by atoms with Gasteiger partial charge in [0.2, 0.25) is 5.89 Å². The van der Waals surface area contributed by atoms with Gasteiger partial charge in [-0.05, 0) is 18.1 Å². The van der Waals surface area contributed by atoms with Gasteiger partial charge in [0.15, 0.2) is 0 Å². The maximum absolute atomic E-state index is 5.58. The molecule has 3 rings (SSSR count). The number of rotatable bonds is 5. The van der Waals surface area contributed by atoms with Gasteiger partial charge in [0, 0.05) is 23.1 Å². The normalized spacial score (nSPS) is 17.6. The Balaban J connectivity index is 1.47. The highest BCUT2D eigenvalue weighted by Crippen LogP contribution is 2.36. The highest BCUT2D eigenvalue weighted by molar-refractivity contribution is 8.00. The molecule has 1 atom stereocenters. The minimum absolute atomic E-state index is 0.623. The molecule has 1 unspecified atom stereocenters. The van der Waals surface area contributed by atoms with Crippen LogP contribution in [0.25, 0.3) is 0 Å². The third kappa shape index (κ3) is 3.01. The first-order valence-electron chi connectivity index (χ1n) is 6.74. The van der Waals surface area contributed by atoms with Crippen LogP contribution in [-0.4, -0.2) is 16.8 Å². The second-order valence-corrected chi connectivity index (χ2v) is 6.10. The van der Waals surface area contributed by atoms with E-state index in [1.807, 2.05) is 18.0 Å². The van der Waals surface area contributed by atoms with E-state index in [-0.39, 0.29) is 0 Å². The fourth-order valence-electron chi connectivity index (χ4n) is 2.30. The zero-order valence-electron chi connectivity index (χ0n) is 11.1. The van der Waals surface area contributed by atoms with Crippen LogP contribution < -0.4 is 5.32 Å². The van der Waals surface area contributed by atoms with Crippen LogP contribution in [0.4, 0.5) is 0 Å². The molecule has 1 aliphatic rings. The minimum Gasteiger partial charge on any atom is -0.444 e. The van der Waals surface area contributed by atoms with Gasteiger partial charge in [0.25, 0.3) is 0 Å². The maximum Gasteiger partial charge on any atom is 0.208 e. The molecule has 1 aromatic heterocycles. The van der Waals surface area contributed by atoms with Crippen LogP contribution in [0.3, 0.4) is 0 Å². The zero-order valence-corrected chi connectivity index (χ0v) is 11.9. The molecule has 0 bridgehead atoms. The van der Waals surface area contributed by atoms with Gasteiger partial charge in [-0.3, -0.25) is 0 Å². The topological polar surface area (TPSA) is 38.1 Å². The molecule has 19 heavy (non-hydrogen) atoms. The SMILES string of the molecule is CCc1cnc(CNCC2Cc3ccccc3S2)o1. The first kappa shape index (κ1) is 12.8. The van der Waals surface area contributed by atoms with E-state index in [2.05, 4.69) is 41.5 Å². The van der Waals surface area contributed by atoms with Crippen molar-refractivity contribution >= 4 is 11.8 Å². The first-order chi connectivity index (χ1) is 9.35. The standard InChI is InChI=1S/C15H18N2OS/c1-2-12-8-17-15(18-12)10-16-9-13-7-11-5-3-4-6-14(11)19-13/h3-6,8,13,16H,2,7,9-10H2,1H3. The molecule has 0 spiro atoms. The number of benzene rings is 1. The number of aryl methyl sites for hydroxylation is 1. The number of hydrogen-bond acceptors (Lipinski definition) is 4. The second kappa shape index (κ2) is 5.80. The molecule has 1 aliphatic heterocycles. The largest absolute Gasteiger partial charge is 0.444 e. The summed E-state index contributed by atoms with van der Waals surface area (Å²) in [5.41, 5.74) is 1.48. The van der Waals surface area contributed by atoms with Crippen LogP contribution in [0.2, 0.25) is 0 Å². The Morgan fingerprint density at radius 3 is 3.11 bits per heavy atom. The lowest BCUT2D eigenvalue weighted by Crippen LogP contribution is -2.24. The highest BCUT2D eigenvalue weighted by Gasteiger charge is 2.21. The van der Waals surface area contributed by atoms with Gasteiger partial charge in [-0.2, -0.15) is 0 Å². The summed E-state index contributed by atoms with van der Waals surface area (Å²) in [6.45, 7) is 3.78. The summed E-state index contributed by atoms with van der Waals surface area (Å²) in [5, 5.41) is 4.06. The van der Waals surface area contributed by atoms with Crippen LogP contribution in [-0.2, 0) is 19.4 Å². The van der Waals surface area contributed by atoms with Crippen molar-refractivity contribution in [3.8, 4) is 0 Å². The maximum atomic E-state index is 5.58. The third-order valence-corrected chi connectivity index (χ3v) is 4.63. The molecule has 2 aromatic rings. The molecule has 1 aromatic carbocycles. The van der Waals surface area contributed by atoms with E-state index in [1.165, 1.54) is 10.5 Å². The molecule has 0 aliphatic carbocycles. The molecule has 0 saturated carbocycles. The zero-order chi connectivity index (χ0) is 13.1. The minimum atomic E-state index is 0.623. The van der Waals surface area contributed by atoms with E-state index in [1.54, 1.807) is 0 Å². The number of hydrogen-bond donors (Lipinski definition) is 1. The van der Waals surface area contributed by atoms with Gasteiger partial charge in [0.1, 0.15) is 5.76 Å². The van der Waals surface area contributed by atoms with Crippen LogP contribution in [0.15, 0.2) is 39.8 Å². The summed E-state index contributed by atoms with van der Waals surface area (Å²) in [6.07, 6.45) is 3.87. The van der Waals surface area contributed by atoms with Gasteiger partial charge < -0.3 is 9.73 Å². The molecule has 0 fully saturated rings. The van der Waals surface area contributed by atoms with Gasteiger partial charge in [-0.1, -0.05) is 25.1 Å².